The fourth-order valence-corrected chi connectivity index (χ4v) is 0.792. The molecular formula is C10H12LiNO3. The Bertz CT molecular complexity index is 328. The number of ether oxygens (including phenoxy) is 2. The second-order valence-electron chi connectivity index (χ2n) is 2.85. The van der Waals surface area contributed by atoms with Crippen LogP contribution in [0.25, 0.3) is 0 Å². The number of rotatable bonds is 2. The van der Waals surface area contributed by atoms with Crippen LogP contribution in [0.5, 0.6) is 11.5 Å². The number of hydrogen-bond donors (Lipinski definition) is 0. The van der Waals surface area contributed by atoms with E-state index < -0.39 is 6.09 Å². The summed E-state index contributed by atoms with van der Waals surface area (Å²) >= 11 is 0. The topological polar surface area (TPSA) is 38.8 Å². The fraction of sp³-hybridized carbons (Fsp3) is 0.300. The van der Waals surface area contributed by atoms with Crippen molar-refractivity contribution in [1.82, 2.24) is 4.90 Å². The molecule has 5 heteroatoms. The molecule has 0 atom stereocenters. The Balaban J connectivity index is 0.00000196. The molecule has 0 N–H and O–H groups in total. The minimum atomic E-state index is -0.436. The molecular weight excluding hydrogens is 189 g/mol. The molecule has 0 radical (unpaired) electrons. The molecule has 0 saturated carbocycles. The van der Waals surface area contributed by atoms with E-state index in [1.807, 2.05) is 0 Å². The van der Waals surface area contributed by atoms with Gasteiger partial charge in [-0.05, 0) is 0 Å². The molecule has 0 heterocycles. The van der Waals surface area contributed by atoms with Crippen LogP contribution in [-0.2, 0) is 0 Å². The van der Waals surface area contributed by atoms with Crippen molar-refractivity contribution in [3.05, 3.63) is 24.3 Å². The number of methoxy groups -OCH3 is 1. The van der Waals surface area contributed by atoms with Gasteiger partial charge in [0.2, 0.25) is 0 Å². The minimum Gasteiger partial charge on any atom is -0.522 e. The molecule has 1 aromatic rings. The first-order valence-corrected chi connectivity index (χ1v) is 4.09. The van der Waals surface area contributed by atoms with Gasteiger partial charge in [-0.25, -0.2) is 4.79 Å². The van der Waals surface area contributed by atoms with Crippen molar-refractivity contribution in [2.45, 2.75) is 0 Å². The van der Waals surface area contributed by atoms with Crippen molar-refractivity contribution in [3.63, 3.8) is 0 Å². The maximum absolute atomic E-state index is 11.2. The van der Waals surface area contributed by atoms with Gasteiger partial charge in [0.1, 0.15) is 0 Å². The standard InChI is InChI=1S/C10H12NO3.Li/c1-11(2)10(12)14-9-6-4-5-8(7-9)13-3;/h4-6H,1-3H3;/q-1;+1. The van der Waals surface area contributed by atoms with E-state index in [1.54, 1.807) is 32.3 Å². The van der Waals surface area contributed by atoms with Crippen LogP contribution in [0, 0.1) is 6.07 Å². The largest absolute Gasteiger partial charge is 1.00 e. The first kappa shape index (κ1) is 13.9. The van der Waals surface area contributed by atoms with Gasteiger partial charge in [0.05, 0.1) is 7.11 Å². The molecule has 0 aromatic heterocycles. The second-order valence-corrected chi connectivity index (χ2v) is 2.85. The van der Waals surface area contributed by atoms with E-state index in [-0.39, 0.29) is 18.9 Å². The van der Waals surface area contributed by atoms with Gasteiger partial charge < -0.3 is 14.4 Å². The number of hydrogen-bond acceptors (Lipinski definition) is 3. The van der Waals surface area contributed by atoms with E-state index in [0.717, 1.165) is 0 Å². The van der Waals surface area contributed by atoms with Crippen LogP contribution < -0.4 is 28.3 Å². The van der Waals surface area contributed by atoms with Gasteiger partial charge in [-0.3, -0.25) is 0 Å². The third-order valence-electron chi connectivity index (χ3n) is 1.52. The Morgan fingerprint density at radius 1 is 1.33 bits per heavy atom. The third kappa shape index (κ3) is 4.28. The fourth-order valence-electron chi connectivity index (χ4n) is 0.792. The molecule has 0 spiro atoms. The SMILES string of the molecule is COc1[c-]c(OC(=O)N(C)C)ccc1.[Li+]. The van der Waals surface area contributed by atoms with E-state index >= 15 is 0 Å². The van der Waals surface area contributed by atoms with Crippen LogP contribution in [0.2, 0.25) is 0 Å². The Kier molecular flexibility index (Phi) is 5.91. The first-order valence-electron chi connectivity index (χ1n) is 4.09. The van der Waals surface area contributed by atoms with Gasteiger partial charge in [0.25, 0.3) is 0 Å². The summed E-state index contributed by atoms with van der Waals surface area (Å²) < 4.78 is 9.91. The van der Waals surface area contributed by atoms with Gasteiger partial charge in [0, 0.05) is 25.6 Å². The molecule has 1 amide bonds. The smallest absolute Gasteiger partial charge is 0.522 e. The normalized spacial score (nSPS) is 8.73. The Hall–Kier alpha value is -1.11. The van der Waals surface area contributed by atoms with E-state index in [2.05, 4.69) is 6.07 Å². The first-order chi connectivity index (χ1) is 6.63. The summed E-state index contributed by atoms with van der Waals surface area (Å²) in [4.78, 5) is 12.5. The van der Waals surface area contributed by atoms with Crippen molar-refractivity contribution in [2.24, 2.45) is 0 Å². The molecule has 1 aromatic carbocycles. The minimum absolute atomic E-state index is 0. The van der Waals surface area contributed by atoms with Crippen LogP contribution in [-0.4, -0.2) is 32.2 Å². The molecule has 0 aliphatic carbocycles. The molecule has 76 valence electrons. The Morgan fingerprint density at radius 2 is 1.93 bits per heavy atom. The van der Waals surface area contributed by atoms with E-state index in [1.165, 1.54) is 12.0 Å². The van der Waals surface area contributed by atoms with Gasteiger partial charge in [-0.15, -0.1) is 12.1 Å². The molecule has 0 bridgehead atoms. The number of nitrogens with zero attached hydrogens (tertiary/aromatic N) is 1. The number of carbonyl (C=O) groups is 1. The van der Waals surface area contributed by atoms with Gasteiger partial charge in [-0.1, -0.05) is 6.07 Å². The molecule has 0 aliphatic heterocycles. The predicted molar refractivity (Wildman–Crippen MR) is 51.5 cm³/mol. The molecule has 0 saturated heterocycles. The summed E-state index contributed by atoms with van der Waals surface area (Å²) in [6, 6.07) is 7.89. The zero-order chi connectivity index (χ0) is 10.6. The summed E-state index contributed by atoms with van der Waals surface area (Å²) in [6.07, 6.45) is -0.436. The Morgan fingerprint density at radius 3 is 2.47 bits per heavy atom. The molecule has 4 nitrogen and oxygen atoms in total. The average molecular weight is 201 g/mol. The van der Waals surface area contributed by atoms with E-state index in [9.17, 15) is 4.79 Å². The van der Waals surface area contributed by atoms with Crippen LogP contribution in [0.4, 0.5) is 4.79 Å². The average Bonchev–Trinajstić information content (AvgIpc) is 2.18. The maximum atomic E-state index is 11.2. The summed E-state index contributed by atoms with van der Waals surface area (Å²) in [5, 5.41) is 0. The summed E-state index contributed by atoms with van der Waals surface area (Å²) in [6.45, 7) is 0. The molecule has 0 aliphatic rings. The van der Waals surface area contributed by atoms with Crippen LogP contribution in [0.3, 0.4) is 0 Å². The van der Waals surface area contributed by atoms with Crippen molar-refractivity contribution >= 4 is 6.09 Å². The summed E-state index contributed by atoms with van der Waals surface area (Å²) in [5.74, 6) is 0.886. The molecule has 0 unspecified atom stereocenters. The van der Waals surface area contributed by atoms with Crippen LogP contribution in [0.15, 0.2) is 18.2 Å². The van der Waals surface area contributed by atoms with Crippen molar-refractivity contribution in [3.8, 4) is 11.5 Å². The Labute approximate surface area is 101 Å². The zero-order valence-corrected chi connectivity index (χ0v) is 9.40. The van der Waals surface area contributed by atoms with Gasteiger partial charge in [-0.2, -0.15) is 6.07 Å². The molecule has 0 fully saturated rings. The van der Waals surface area contributed by atoms with E-state index in [0.29, 0.717) is 11.5 Å². The van der Waals surface area contributed by atoms with Crippen molar-refractivity contribution in [2.75, 3.05) is 21.2 Å². The zero-order valence-electron chi connectivity index (χ0n) is 9.40. The monoisotopic (exact) mass is 201 g/mol. The second kappa shape index (κ2) is 6.39. The summed E-state index contributed by atoms with van der Waals surface area (Å²) in [5.41, 5.74) is 0. The van der Waals surface area contributed by atoms with Crippen molar-refractivity contribution in [1.29, 1.82) is 0 Å². The van der Waals surface area contributed by atoms with Gasteiger partial charge >= 0.3 is 25.0 Å². The predicted octanol–water partition coefficient (Wildman–Crippen LogP) is -1.44. The summed E-state index contributed by atoms with van der Waals surface area (Å²) in [7, 11) is 4.76. The maximum Gasteiger partial charge on any atom is 1.00 e. The molecule has 15 heavy (non-hydrogen) atoms. The van der Waals surface area contributed by atoms with Crippen molar-refractivity contribution < 1.29 is 33.1 Å². The van der Waals surface area contributed by atoms with Crippen LogP contribution >= 0.6 is 0 Å². The van der Waals surface area contributed by atoms with Crippen LogP contribution in [0.1, 0.15) is 0 Å². The number of benzene rings is 1. The van der Waals surface area contributed by atoms with E-state index in [4.69, 9.17) is 9.47 Å². The quantitative estimate of drug-likeness (QED) is 0.434. The number of carbonyl (C=O) groups excluding carboxylic acids is 1. The molecule has 1 rings (SSSR count). The van der Waals surface area contributed by atoms with Gasteiger partial charge in [0.15, 0.2) is 0 Å². The number of amides is 1. The third-order valence-corrected chi connectivity index (χ3v) is 1.52.